The molecule has 9 nitrogen and oxygen atoms in total. The summed E-state index contributed by atoms with van der Waals surface area (Å²) in [6, 6.07) is -1.02. The van der Waals surface area contributed by atoms with Crippen molar-refractivity contribution in [3.8, 4) is 0 Å². The summed E-state index contributed by atoms with van der Waals surface area (Å²) in [6.45, 7) is -0.453. The van der Waals surface area contributed by atoms with Gasteiger partial charge in [-0.15, -0.1) is 0 Å². The van der Waals surface area contributed by atoms with Crippen LogP contribution in [0.15, 0.2) is 12.5 Å². The number of H-pyrrole nitrogens is 1. The van der Waals surface area contributed by atoms with Crippen molar-refractivity contribution in [1.29, 1.82) is 0 Å². The first-order chi connectivity index (χ1) is 8.83. The van der Waals surface area contributed by atoms with Crippen LogP contribution in [0, 0.1) is 0 Å². The van der Waals surface area contributed by atoms with E-state index in [1.807, 2.05) is 0 Å². The number of nitrogens with two attached hydrogens (primary N) is 1. The molecule has 19 heavy (non-hydrogen) atoms. The predicted molar refractivity (Wildman–Crippen MR) is 63.9 cm³/mol. The highest BCUT2D eigenvalue weighted by molar-refractivity contribution is 7.46. The molecule has 0 aliphatic rings. The van der Waals surface area contributed by atoms with E-state index in [2.05, 4.69) is 14.5 Å². The van der Waals surface area contributed by atoms with Crippen LogP contribution in [0.5, 0.6) is 0 Å². The molecule has 1 aromatic rings. The first-order valence-electron chi connectivity index (χ1n) is 5.45. The lowest BCUT2D eigenvalue weighted by molar-refractivity contribution is -0.128. The maximum atomic E-state index is 11.9. The Labute approximate surface area is 109 Å². The summed E-state index contributed by atoms with van der Waals surface area (Å²) in [7, 11) is -4.82. The number of nitrogens with zero attached hydrogens (tertiary/aromatic N) is 1. The van der Waals surface area contributed by atoms with Gasteiger partial charge in [-0.3, -0.25) is 9.32 Å². The van der Waals surface area contributed by atoms with Gasteiger partial charge in [-0.05, 0) is 0 Å². The average molecular weight is 293 g/mol. The van der Waals surface area contributed by atoms with Crippen LogP contribution in [-0.2, 0) is 20.3 Å². The molecule has 0 radical (unpaired) electrons. The molecule has 2 atom stereocenters. The number of aliphatic hydroxyl groups excluding tert-OH is 1. The number of rotatable bonds is 8. The molecule has 0 aliphatic heterocycles. The standard InChI is InChI=1S/C9H16N3O6P/c10-7(3-6-4-11-5-12-6)9(14)8(1-2-13)18-19(15,16)17/h4-5,7-8,13H,1-3,10H2,(H,11,12)(H2,15,16,17)/t7-,8?/m0/s1. The van der Waals surface area contributed by atoms with Gasteiger partial charge in [0.2, 0.25) is 0 Å². The monoisotopic (exact) mass is 293 g/mol. The second-order valence-electron chi connectivity index (χ2n) is 3.87. The quantitative estimate of drug-likeness (QED) is 0.370. The van der Waals surface area contributed by atoms with Crippen LogP contribution in [0.2, 0.25) is 0 Å². The summed E-state index contributed by atoms with van der Waals surface area (Å²) in [5.74, 6) is -0.694. The Morgan fingerprint density at radius 3 is 2.74 bits per heavy atom. The van der Waals surface area contributed by atoms with Gasteiger partial charge in [0.05, 0.1) is 18.1 Å². The van der Waals surface area contributed by atoms with E-state index >= 15 is 0 Å². The Balaban J connectivity index is 2.67. The maximum absolute atomic E-state index is 11.9. The Bertz CT molecular complexity index is 445. The summed E-state index contributed by atoms with van der Waals surface area (Å²) in [5.41, 5.74) is 6.18. The molecule has 1 aromatic heterocycles. The molecule has 1 unspecified atom stereocenters. The molecule has 0 aromatic carbocycles. The van der Waals surface area contributed by atoms with E-state index in [1.165, 1.54) is 6.33 Å². The van der Waals surface area contributed by atoms with Crippen molar-refractivity contribution in [1.82, 2.24) is 9.97 Å². The van der Waals surface area contributed by atoms with Crippen LogP contribution >= 0.6 is 7.82 Å². The van der Waals surface area contributed by atoms with Gasteiger partial charge >= 0.3 is 7.82 Å². The summed E-state index contributed by atoms with van der Waals surface area (Å²) in [5, 5.41) is 8.78. The number of phosphoric ester groups is 1. The maximum Gasteiger partial charge on any atom is 0.470 e. The van der Waals surface area contributed by atoms with Gasteiger partial charge < -0.3 is 25.6 Å². The minimum atomic E-state index is -4.82. The molecule has 0 aliphatic carbocycles. The van der Waals surface area contributed by atoms with Crippen LogP contribution in [0.3, 0.4) is 0 Å². The molecule has 0 saturated heterocycles. The number of aromatic amines is 1. The highest BCUT2D eigenvalue weighted by atomic mass is 31.2. The van der Waals surface area contributed by atoms with E-state index in [0.29, 0.717) is 5.69 Å². The summed E-state index contributed by atoms with van der Waals surface area (Å²) >= 11 is 0. The first kappa shape index (κ1) is 16.0. The summed E-state index contributed by atoms with van der Waals surface area (Å²) in [4.78, 5) is 35.9. The molecule has 1 heterocycles. The number of nitrogens with one attached hydrogen (secondary N) is 1. The Morgan fingerprint density at radius 1 is 1.58 bits per heavy atom. The van der Waals surface area contributed by atoms with E-state index in [9.17, 15) is 9.36 Å². The summed E-state index contributed by atoms with van der Waals surface area (Å²) in [6.07, 6.45) is 1.40. The third-order valence-electron chi connectivity index (χ3n) is 2.32. The van der Waals surface area contributed by atoms with Crippen LogP contribution in [0.4, 0.5) is 0 Å². The van der Waals surface area contributed by atoms with Crippen molar-refractivity contribution < 1.29 is 28.8 Å². The number of hydrogen-bond donors (Lipinski definition) is 5. The SMILES string of the molecule is N[C@@H](Cc1c[nH]cn1)C(=O)C(CCO)OP(=O)(O)O. The van der Waals surface area contributed by atoms with Crippen LogP contribution in [-0.4, -0.2) is 49.4 Å². The number of imidazole rings is 1. The molecule has 0 fully saturated rings. The number of aliphatic hydroxyl groups is 1. The van der Waals surface area contributed by atoms with Crippen molar-refractivity contribution in [2.45, 2.75) is 25.0 Å². The number of carbonyl (C=O) groups is 1. The van der Waals surface area contributed by atoms with Gasteiger partial charge in [-0.1, -0.05) is 0 Å². The molecule has 108 valence electrons. The third kappa shape index (κ3) is 5.60. The fraction of sp³-hybridized carbons (Fsp3) is 0.556. The molecule has 0 amide bonds. The number of ketones is 1. The van der Waals surface area contributed by atoms with Gasteiger partial charge in [0, 0.05) is 25.6 Å². The molecule has 0 spiro atoms. The van der Waals surface area contributed by atoms with Gasteiger partial charge in [0.25, 0.3) is 0 Å². The highest BCUT2D eigenvalue weighted by Gasteiger charge is 2.31. The zero-order valence-corrected chi connectivity index (χ0v) is 10.9. The van der Waals surface area contributed by atoms with E-state index in [0.717, 1.165) is 0 Å². The molecular weight excluding hydrogens is 277 g/mol. The topological polar surface area (TPSA) is 159 Å². The Morgan fingerprint density at radius 2 is 2.26 bits per heavy atom. The normalized spacial score (nSPS) is 15.2. The minimum absolute atomic E-state index is 0.106. The Kier molecular flexibility index (Phi) is 5.80. The van der Waals surface area contributed by atoms with Crippen LogP contribution in [0.25, 0.3) is 0 Å². The molecule has 6 N–H and O–H groups in total. The number of Topliss-reactive ketones (excluding diaryl/α,β-unsaturated/α-hetero) is 1. The first-order valence-corrected chi connectivity index (χ1v) is 6.98. The van der Waals surface area contributed by atoms with Crippen molar-refractivity contribution in [2.24, 2.45) is 5.73 Å². The number of hydrogen-bond acceptors (Lipinski definition) is 6. The number of carbonyl (C=O) groups excluding carboxylic acids is 1. The zero-order valence-electron chi connectivity index (χ0n) is 9.97. The van der Waals surface area contributed by atoms with E-state index in [1.54, 1.807) is 6.20 Å². The number of aromatic nitrogens is 2. The van der Waals surface area contributed by atoms with Gasteiger partial charge in [-0.25, -0.2) is 9.55 Å². The van der Waals surface area contributed by atoms with Crippen molar-refractivity contribution >= 4 is 13.6 Å². The average Bonchev–Trinajstić information content (AvgIpc) is 2.78. The molecule has 0 saturated carbocycles. The zero-order chi connectivity index (χ0) is 14.5. The largest absolute Gasteiger partial charge is 0.470 e. The van der Waals surface area contributed by atoms with E-state index in [-0.39, 0.29) is 12.8 Å². The fourth-order valence-corrected chi connectivity index (χ4v) is 2.04. The predicted octanol–water partition coefficient (Wildman–Crippen LogP) is -1.29. The Hall–Kier alpha value is -1.09. The lowest BCUT2D eigenvalue weighted by Gasteiger charge is -2.19. The van der Waals surface area contributed by atoms with Gasteiger partial charge in [0.15, 0.2) is 5.78 Å². The van der Waals surface area contributed by atoms with Gasteiger partial charge in [0.1, 0.15) is 6.10 Å². The lowest BCUT2D eigenvalue weighted by Crippen LogP contribution is -2.41. The highest BCUT2D eigenvalue weighted by Crippen LogP contribution is 2.38. The third-order valence-corrected chi connectivity index (χ3v) is 2.85. The lowest BCUT2D eigenvalue weighted by atomic mass is 10.0. The minimum Gasteiger partial charge on any atom is -0.396 e. The van der Waals surface area contributed by atoms with Crippen molar-refractivity contribution in [3.63, 3.8) is 0 Å². The molecular formula is C9H16N3O6P. The van der Waals surface area contributed by atoms with Crippen LogP contribution in [0.1, 0.15) is 12.1 Å². The smallest absolute Gasteiger partial charge is 0.396 e. The summed E-state index contributed by atoms with van der Waals surface area (Å²) < 4.78 is 15.1. The van der Waals surface area contributed by atoms with Crippen molar-refractivity contribution in [2.75, 3.05) is 6.61 Å². The van der Waals surface area contributed by atoms with Crippen molar-refractivity contribution in [3.05, 3.63) is 18.2 Å². The fourth-order valence-electron chi connectivity index (χ4n) is 1.50. The van der Waals surface area contributed by atoms with Gasteiger partial charge in [-0.2, -0.15) is 0 Å². The molecule has 0 bridgehead atoms. The second-order valence-corrected chi connectivity index (χ2v) is 5.06. The molecule has 1 rings (SSSR count). The molecule has 10 heteroatoms. The van der Waals surface area contributed by atoms with Crippen LogP contribution < -0.4 is 5.73 Å². The van der Waals surface area contributed by atoms with E-state index < -0.39 is 32.4 Å². The second kappa shape index (κ2) is 6.90. The number of phosphoric acid groups is 1. The van der Waals surface area contributed by atoms with E-state index in [4.69, 9.17) is 20.6 Å².